The van der Waals surface area contributed by atoms with Crippen molar-refractivity contribution < 1.29 is 27.1 Å². The van der Waals surface area contributed by atoms with Gasteiger partial charge in [0.15, 0.2) is 0 Å². The van der Waals surface area contributed by atoms with Crippen molar-refractivity contribution in [3.05, 3.63) is 99.8 Å². The Balaban J connectivity index is 1.39. The van der Waals surface area contributed by atoms with Gasteiger partial charge in [-0.25, -0.2) is 9.37 Å². The fraction of sp³-hybridized carbons (Fsp3) is 0.0833. The first kappa shape index (κ1) is 23.7. The molecule has 0 saturated carbocycles. The third-order valence-corrected chi connectivity index (χ3v) is 6.00. The van der Waals surface area contributed by atoms with E-state index in [1.165, 1.54) is 35.6 Å². The van der Waals surface area contributed by atoms with E-state index in [9.17, 15) is 22.4 Å². The van der Waals surface area contributed by atoms with Crippen molar-refractivity contribution in [2.45, 2.75) is 12.8 Å². The van der Waals surface area contributed by atoms with Crippen LogP contribution < -0.4 is 10.1 Å². The summed E-state index contributed by atoms with van der Waals surface area (Å²) < 4.78 is 57.5. The summed E-state index contributed by atoms with van der Waals surface area (Å²) in [7, 11) is 0. The second kappa shape index (κ2) is 9.82. The van der Waals surface area contributed by atoms with Gasteiger partial charge >= 0.3 is 6.18 Å². The summed E-state index contributed by atoms with van der Waals surface area (Å²) in [5.74, 6) is -0.488. The van der Waals surface area contributed by atoms with Crippen LogP contribution in [0.4, 0.5) is 23.2 Å². The molecule has 10 heteroatoms. The van der Waals surface area contributed by atoms with Crippen molar-refractivity contribution in [2.24, 2.45) is 0 Å². The monoisotopic (exact) mass is 506 g/mol. The highest BCUT2D eigenvalue weighted by molar-refractivity contribution is 7.13. The zero-order chi connectivity index (χ0) is 24.3. The minimum absolute atomic E-state index is 0.0314. The first-order chi connectivity index (χ1) is 16.2. The van der Waals surface area contributed by atoms with Crippen LogP contribution in [-0.2, 0) is 12.8 Å². The molecule has 1 N–H and O–H groups in total. The maximum absolute atomic E-state index is 13.9. The molecule has 0 unspecified atom stereocenters. The van der Waals surface area contributed by atoms with Crippen molar-refractivity contribution in [2.75, 3.05) is 5.32 Å². The number of nitrogens with zero attached hydrogens (tertiary/aromatic N) is 1. The number of ether oxygens (including phenoxy) is 1. The summed E-state index contributed by atoms with van der Waals surface area (Å²) in [5.41, 5.74) is 0.552. The van der Waals surface area contributed by atoms with Crippen LogP contribution in [0.3, 0.4) is 0 Å². The normalized spacial score (nSPS) is 11.3. The van der Waals surface area contributed by atoms with E-state index in [4.69, 9.17) is 16.3 Å². The van der Waals surface area contributed by atoms with Crippen LogP contribution in [0, 0.1) is 5.82 Å². The number of carbonyl (C=O) groups excluding carboxylic acids is 1. The minimum atomic E-state index is -4.45. The molecule has 0 fully saturated rings. The number of hydrogen-bond acceptors (Lipinski definition) is 4. The number of benzene rings is 3. The molecular formula is C24H15ClF4N2O2S. The molecule has 0 aliphatic heterocycles. The molecule has 174 valence electrons. The highest BCUT2D eigenvalue weighted by atomic mass is 35.5. The molecule has 0 aliphatic carbocycles. The Labute approximate surface area is 200 Å². The molecule has 3 aromatic carbocycles. The molecule has 4 aromatic rings. The number of rotatable bonds is 6. The van der Waals surface area contributed by atoms with Crippen LogP contribution >= 0.6 is 22.9 Å². The minimum Gasteiger partial charge on any atom is -0.489 e. The van der Waals surface area contributed by atoms with E-state index in [0.29, 0.717) is 10.8 Å². The Morgan fingerprint density at radius 2 is 1.74 bits per heavy atom. The summed E-state index contributed by atoms with van der Waals surface area (Å²) in [4.78, 5) is 16.7. The van der Waals surface area contributed by atoms with Gasteiger partial charge in [-0.3, -0.25) is 4.79 Å². The van der Waals surface area contributed by atoms with Gasteiger partial charge in [-0.15, -0.1) is 11.3 Å². The Hall–Kier alpha value is -3.43. The number of amides is 1. The average molecular weight is 507 g/mol. The largest absolute Gasteiger partial charge is 0.489 e. The predicted molar refractivity (Wildman–Crippen MR) is 123 cm³/mol. The van der Waals surface area contributed by atoms with E-state index in [0.717, 1.165) is 17.7 Å². The van der Waals surface area contributed by atoms with Gasteiger partial charge in [-0.1, -0.05) is 17.7 Å². The van der Waals surface area contributed by atoms with E-state index in [-0.39, 0.29) is 28.6 Å². The number of halogens is 5. The van der Waals surface area contributed by atoms with Crippen molar-refractivity contribution in [1.29, 1.82) is 0 Å². The molecule has 1 amide bonds. The Morgan fingerprint density at radius 1 is 1.03 bits per heavy atom. The van der Waals surface area contributed by atoms with Crippen LogP contribution in [0.1, 0.15) is 21.6 Å². The van der Waals surface area contributed by atoms with Gasteiger partial charge in [-0.05, 0) is 60.7 Å². The van der Waals surface area contributed by atoms with Gasteiger partial charge < -0.3 is 10.1 Å². The van der Waals surface area contributed by atoms with E-state index < -0.39 is 23.5 Å². The van der Waals surface area contributed by atoms with E-state index in [2.05, 4.69) is 10.3 Å². The van der Waals surface area contributed by atoms with Crippen molar-refractivity contribution in [3.8, 4) is 16.3 Å². The van der Waals surface area contributed by atoms with Gasteiger partial charge in [0.1, 0.15) is 28.9 Å². The quantitative estimate of drug-likeness (QED) is 0.276. The van der Waals surface area contributed by atoms with Gasteiger partial charge in [0.05, 0.1) is 10.6 Å². The summed E-state index contributed by atoms with van der Waals surface area (Å²) in [6.07, 6.45) is -4.45. The molecule has 0 bridgehead atoms. The lowest BCUT2D eigenvalue weighted by Crippen LogP contribution is -2.12. The topological polar surface area (TPSA) is 51.2 Å². The molecule has 0 aliphatic rings. The van der Waals surface area contributed by atoms with Crippen LogP contribution in [0.5, 0.6) is 5.75 Å². The van der Waals surface area contributed by atoms with Crippen LogP contribution in [0.15, 0.2) is 72.1 Å². The Bertz CT molecular complexity index is 1290. The molecule has 1 aromatic heterocycles. The van der Waals surface area contributed by atoms with Crippen LogP contribution in [0.2, 0.25) is 5.02 Å². The van der Waals surface area contributed by atoms with Crippen molar-refractivity contribution >= 4 is 34.5 Å². The molecule has 0 saturated heterocycles. The molecule has 1 heterocycles. The third kappa shape index (κ3) is 5.55. The molecule has 0 atom stereocenters. The van der Waals surface area contributed by atoms with Crippen molar-refractivity contribution in [3.63, 3.8) is 0 Å². The number of carbonyl (C=O) groups is 1. The SMILES string of the molecule is O=C(Nc1ccc(C(F)(F)F)cc1)c1csc(-c2ccc(OCc3c(F)cccc3Cl)cc2)n1. The number of thiazole rings is 1. The lowest BCUT2D eigenvalue weighted by molar-refractivity contribution is -0.137. The summed E-state index contributed by atoms with van der Waals surface area (Å²) in [6, 6.07) is 15.4. The second-order valence-electron chi connectivity index (χ2n) is 7.08. The predicted octanol–water partition coefficient (Wildman–Crippen LogP) is 7.45. The third-order valence-electron chi connectivity index (χ3n) is 4.75. The van der Waals surface area contributed by atoms with Crippen LogP contribution in [0.25, 0.3) is 10.6 Å². The number of anilines is 1. The molecule has 4 rings (SSSR count). The highest BCUT2D eigenvalue weighted by Crippen LogP contribution is 2.30. The molecule has 0 radical (unpaired) electrons. The van der Waals surface area contributed by atoms with Gasteiger partial charge in [0, 0.05) is 22.2 Å². The summed E-state index contributed by atoms with van der Waals surface area (Å²) in [5, 5.41) is 4.93. The summed E-state index contributed by atoms with van der Waals surface area (Å²) >= 11 is 7.24. The van der Waals surface area contributed by atoms with Gasteiger partial charge in [0.25, 0.3) is 5.91 Å². The lowest BCUT2D eigenvalue weighted by Gasteiger charge is -2.09. The maximum atomic E-state index is 13.9. The maximum Gasteiger partial charge on any atom is 0.416 e. The van der Waals surface area contributed by atoms with E-state index in [1.807, 2.05) is 0 Å². The fourth-order valence-electron chi connectivity index (χ4n) is 2.97. The number of nitrogens with one attached hydrogen (secondary N) is 1. The fourth-order valence-corrected chi connectivity index (χ4v) is 3.99. The second-order valence-corrected chi connectivity index (χ2v) is 8.35. The standard InChI is InChI=1S/C24H15ClF4N2O2S/c25-19-2-1-3-20(26)18(19)12-33-17-10-4-14(5-11-17)23-31-21(13-34-23)22(32)30-16-8-6-15(7-9-16)24(27,28)29/h1-11,13H,12H2,(H,30,32). The lowest BCUT2D eigenvalue weighted by atomic mass is 10.2. The van der Waals surface area contributed by atoms with E-state index >= 15 is 0 Å². The van der Waals surface area contributed by atoms with Gasteiger partial charge in [0.2, 0.25) is 0 Å². The first-order valence-corrected chi connectivity index (χ1v) is 11.1. The number of aromatic nitrogens is 1. The number of hydrogen-bond donors (Lipinski definition) is 1. The zero-order valence-electron chi connectivity index (χ0n) is 17.2. The van der Waals surface area contributed by atoms with E-state index in [1.54, 1.807) is 35.7 Å². The average Bonchev–Trinajstić information content (AvgIpc) is 3.29. The van der Waals surface area contributed by atoms with Crippen LogP contribution in [-0.4, -0.2) is 10.9 Å². The number of alkyl halides is 3. The molecule has 34 heavy (non-hydrogen) atoms. The summed E-state index contributed by atoms with van der Waals surface area (Å²) in [6.45, 7) is -0.0314. The smallest absolute Gasteiger partial charge is 0.416 e. The van der Waals surface area contributed by atoms with Gasteiger partial charge in [-0.2, -0.15) is 13.2 Å². The van der Waals surface area contributed by atoms with Crippen molar-refractivity contribution in [1.82, 2.24) is 4.98 Å². The molecule has 4 nitrogen and oxygen atoms in total. The highest BCUT2D eigenvalue weighted by Gasteiger charge is 2.30. The first-order valence-electron chi connectivity index (χ1n) is 9.81. The Morgan fingerprint density at radius 3 is 2.38 bits per heavy atom. The zero-order valence-corrected chi connectivity index (χ0v) is 18.8. The molecular weight excluding hydrogens is 492 g/mol. The molecule has 0 spiro atoms. The Kier molecular flexibility index (Phi) is 6.85.